The van der Waals surface area contributed by atoms with Crippen LogP contribution in [-0.4, -0.2) is 56.0 Å². The van der Waals surface area contributed by atoms with E-state index in [9.17, 15) is 13.2 Å². The first-order valence-electron chi connectivity index (χ1n) is 6.97. The third-order valence-corrected chi connectivity index (χ3v) is 5.43. The Balaban J connectivity index is 2.16. The number of sulfonamides is 1. The average molecular weight is 346 g/mol. The van der Waals surface area contributed by atoms with E-state index in [4.69, 9.17) is 17.3 Å². The Bertz CT molecular complexity index is 650. The molecule has 2 N–H and O–H groups in total. The standard InChI is InChI=1S/C14H20ClN3O3S/c1-22(20,21)18-7-6-17(9-12(10-18)14(16)19)8-11-4-2-3-5-13(11)15/h2-5,12H,6-10H2,1H3,(H2,16,19). The lowest BCUT2D eigenvalue weighted by atomic mass is 10.1. The molecule has 1 heterocycles. The summed E-state index contributed by atoms with van der Waals surface area (Å²) in [6.45, 7) is 1.98. The first-order valence-corrected chi connectivity index (χ1v) is 9.20. The van der Waals surface area contributed by atoms with Crippen LogP contribution >= 0.6 is 11.6 Å². The van der Waals surface area contributed by atoms with Crippen LogP contribution in [-0.2, 0) is 21.4 Å². The number of halogens is 1. The summed E-state index contributed by atoms with van der Waals surface area (Å²) in [5.74, 6) is -1.01. The van der Waals surface area contributed by atoms with Crippen molar-refractivity contribution < 1.29 is 13.2 Å². The second-order valence-electron chi connectivity index (χ2n) is 5.55. The number of nitrogens with zero attached hydrogens (tertiary/aromatic N) is 2. The van der Waals surface area contributed by atoms with Gasteiger partial charge in [0.05, 0.1) is 12.2 Å². The van der Waals surface area contributed by atoms with Crippen LogP contribution in [0.1, 0.15) is 5.56 Å². The minimum atomic E-state index is -3.35. The van der Waals surface area contributed by atoms with Crippen molar-refractivity contribution in [3.8, 4) is 0 Å². The van der Waals surface area contributed by atoms with Gasteiger partial charge in [-0.1, -0.05) is 29.8 Å². The molecule has 6 nitrogen and oxygen atoms in total. The molecule has 2 rings (SSSR count). The maximum absolute atomic E-state index is 11.8. The van der Waals surface area contributed by atoms with Crippen LogP contribution in [0.2, 0.25) is 5.02 Å². The number of nitrogens with two attached hydrogens (primary N) is 1. The first kappa shape index (κ1) is 17.2. The summed E-state index contributed by atoms with van der Waals surface area (Å²) in [5.41, 5.74) is 6.36. The summed E-state index contributed by atoms with van der Waals surface area (Å²) < 4.78 is 24.8. The summed E-state index contributed by atoms with van der Waals surface area (Å²) in [6.07, 6.45) is 1.15. The van der Waals surface area contributed by atoms with Gasteiger partial charge in [0.25, 0.3) is 0 Å². The zero-order valence-electron chi connectivity index (χ0n) is 12.4. The van der Waals surface area contributed by atoms with Gasteiger partial charge in [-0.2, -0.15) is 0 Å². The molecule has 0 saturated carbocycles. The normalized spacial score (nSPS) is 21.5. The summed E-state index contributed by atoms with van der Waals surface area (Å²) in [5, 5.41) is 0.655. The van der Waals surface area contributed by atoms with Crippen LogP contribution in [0.25, 0.3) is 0 Å². The second kappa shape index (κ2) is 6.95. The Morgan fingerprint density at radius 1 is 1.32 bits per heavy atom. The molecule has 0 bridgehead atoms. The molecule has 1 aromatic carbocycles. The molecular weight excluding hydrogens is 326 g/mol. The lowest BCUT2D eigenvalue weighted by Crippen LogP contribution is -2.40. The molecule has 1 atom stereocenters. The Morgan fingerprint density at radius 2 is 2.00 bits per heavy atom. The van der Waals surface area contributed by atoms with Gasteiger partial charge < -0.3 is 5.73 Å². The van der Waals surface area contributed by atoms with Crippen LogP contribution in [0.5, 0.6) is 0 Å². The van der Waals surface area contributed by atoms with E-state index in [1.165, 1.54) is 4.31 Å². The summed E-state index contributed by atoms with van der Waals surface area (Å²) >= 11 is 6.16. The number of carbonyl (C=O) groups is 1. The highest BCUT2D eigenvalue weighted by Crippen LogP contribution is 2.19. The Labute approximate surface area is 135 Å². The van der Waals surface area contributed by atoms with Crippen molar-refractivity contribution in [2.75, 3.05) is 32.4 Å². The first-order chi connectivity index (χ1) is 10.3. The molecule has 122 valence electrons. The average Bonchev–Trinajstić information content (AvgIpc) is 2.64. The monoisotopic (exact) mass is 345 g/mol. The minimum absolute atomic E-state index is 0.132. The lowest BCUT2D eigenvalue weighted by Gasteiger charge is -2.22. The molecule has 1 saturated heterocycles. The Morgan fingerprint density at radius 3 is 2.59 bits per heavy atom. The highest BCUT2D eigenvalue weighted by molar-refractivity contribution is 7.88. The van der Waals surface area contributed by atoms with Gasteiger partial charge in [-0.25, -0.2) is 12.7 Å². The molecule has 0 radical (unpaired) electrons. The van der Waals surface area contributed by atoms with E-state index in [0.717, 1.165) is 11.8 Å². The summed E-state index contributed by atoms with van der Waals surface area (Å²) in [6, 6.07) is 7.48. The van der Waals surface area contributed by atoms with Gasteiger partial charge in [0.1, 0.15) is 0 Å². The fraction of sp³-hybridized carbons (Fsp3) is 0.500. The van der Waals surface area contributed by atoms with Crippen LogP contribution in [0.15, 0.2) is 24.3 Å². The van der Waals surface area contributed by atoms with Crippen LogP contribution in [0.4, 0.5) is 0 Å². The fourth-order valence-electron chi connectivity index (χ4n) is 2.54. The molecule has 8 heteroatoms. The maximum Gasteiger partial charge on any atom is 0.223 e. The number of carbonyl (C=O) groups excluding carboxylic acids is 1. The van der Waals surface area contributed by atoms with Gasteiger partial charge >= 0.3 is 0 Å². The molecular formula is C14H20ClN3O3S. The van der Waals surface area contributed by atoms with Crippen molar-refractivity contribution >= 4 is 27.5 Å². The molecule has 22 heavy (non-hydrogen) atoms. The molecule has 1 amide bonds. The van der Waals surface area contributed by atoms with Crippen molar-refractivity contribution in [1.29, 1.82) is 0 Å². The topological polar surface area (TPSA) is 83.7 Å². The Kier molecular flexibility index (Phi) is 5.44. The van der Waals surface area contributed by atoms with Crippen LogP contribution in [0, 0.1) is 5.92 Å². The van der Waals surface area contributed by atoms with E-state index in [0.29, 0.717) is 31.2 Å². The van der Waals surface area contributed by atoms with Crippen LogP contribution in [0.3, 0.4) is 0 Å². The number of amides is 1. The molecule has 1 aromatic rings. The number of hydrogen-bond acceptors (Lipinski definition) is 4. The van der Waals surface area contributed by atoms with E-state index in [1.807, 2.05) is 29.2 Å². The van der Waals surface area contributed by atoms with Gasteiger partial charge in [-0.3, -0.25) is 9.69 Å². The molecule has 1 unspecified atom stereocenters. The van der Waals surface area contributed by atoms with Crippen molar-refractivity contribution in [3.63, 3.8) is 0 Å². The minimum Gasteiger partial charge on any atom is -0.369 e. The highest BCUT2D eigenvalue weighted by Gasteiger charge is 2.30. The number of rotatable bonds is 4. The van der Waals surface area contributed by atoms with Crippen molar-refractivity contribution in [2.24, 2.45) is 11.7 Å². The predicted octanol–water partition coefficient (Wildman–Crippen LogP) is 0.519. The fourth-order valence-corrected chi connectivity index (χ4v) is 3.60. The number of benzene rings is 1. The van der Waals surface area contributed by atoms with E-state index in [2.05, 4.69) is 0 Å². The third kappa shape index (κ3) is 4.42. The predicted molar refractivity (Wildman–Crippen MR) is 85.8 cm³/mol. The zero-order valence-corrected chi connectivity index (χ0v) is 14.0. The molecule has 0 aliphatic carbocycles. The van der Waals surface area contributed by atoms with Gasteiger partial charge in [0.15, 0.2) is 0 Å². The smallest absolute Gasteiger partial charge is 0.223 e. The van der Waals surface area contributed by atoms with Crippen molar-refractivity contribution in [2.45, 2.75) is 6.54 Å². The second-order valence-corrected chi connectivity index (χ2v) is 7.94. The van der Waals surface area contributed by atoms with E-state index >= 15 is 0 Å². The van der Waals surface area contributed by atoms with Gasteiger partial charge in [-0.05, 0) is 11.6 Å². The summed E-state index contributed by atoms with van der Waals surface area (Å²) in [4.78, 5) is 13.6. The van der Waals surface area contributed by atoms with Gasteiger partial charge in [-0.15, -0.1) is 0 Å². The SMILES string of the molecule is CS(=O)(=O)N1CCN(Cc2ccccc2Cl)CC(C(N)=O)C1. The van der Waals surface area contributed by atoms with Crippen LogP contribution < -0.4 is 5.73 Å². The van der Waals surface area contributed by atoms with Crippen molar-refractivity contribution in [3.05, 3.63) is 34.9 Å². The van der Waals surface area contributed by atoms with Gasteiger partial charge in [0, 0.05) is 37.7 Å². The zero-order chi connectivity index (χ0) is 16.3. The molecule has 1 aliphatic heterocycles. The quantitative estimate of drug-likeness (QED) is 0.862. The number of hydrogen-bond donors (Lipinski definition) is 1. The number of primary amides is 1. The maximum atomic E-state index is 11.8. The van der Waals surface area contributed by atoms with Gasteiger partial charge in [0.2, 0.25) is 15.9 Å². The van der Waals surface area contributed by atoms with E-state index < -0.39 is 21.8 Å². The largest absolute Gasteiger partial charge is 0.369 e. The van der Waals surface area contributed by atoms with Crippen molar-refractivity contribution in [1.82, 2.24) is 9.21 Å². The molecule has 0 aromatic heterocycles. The highest BCUT2D eigenvalue weighted by atomic mass is 35.5. The molecule has 1 fully saturated rings. The molecule has 1 aliphatic rings. The molecule has 0 spiro atoms. The van der Waals surface area contributed by atoms with E-state index in [-0.39, 0.29) is 6.54 Å². The Hall–Kier alpha value is -1.15. The third-order valence-electron chi connectivity index (χ3n) is 3.79. The summed E-state index contributed by atoms with van der Waals surface area (Å²) in [7, 11) is -3.35. The lowest BCUT2D eigenvalue weighted by molar-refractivity contribution is -0.122. The van der Waals surface area contributed by atoms with E-state index in [1.54, 1.807) is 0 Å².